The van der Waals surface area contributed by atoms with E-state index in [2.05, 4.69) is 21.2 Å². The second-order valence-corrected chi connectivity index (χ2v) is 9.04. The summed E-state index contributed by atoms with van der Waals surface area (Å²) in [6.07, 6.45) is 1.46. The lowest BCUT2D eigenvalue weighted by molar-refractivity contribution is -0.132. The topological polar surface area (TPSA) is 86.8 Å². The molecule has 1 saturated heterocycles. The molecule has 0 radical (unpaired) electrons. The SMILES string of the molecule is O=C(NC1CCN(C(=O)CCN2C(=O)c3ccc(Br)cc3C2=O)CC1)c1ccsc1. The molecule has 0 unspecified atom stereocenters. The third kappa shape index (κ3) is 4.17. The highest BCUT2D eigenvalue weighted by Crippen LogP contribution is 2.26. The van der Waals surface area contributed by atoms with E-state index in [1.807, 2.05) is 10.8 Å². The number of rotatable bonds is 5. The summed E-state index contributed by atoms with van der Waals surface area (Å²) in [6.45, 7) is 1.16. The highest BCUT2D eigenvalue weighted by Gasteiger charge is 2.36. The molecule has 1 aromatic carbocycles. The lowest BCUT2D eigenvalue weighted by Gasteiger charge is -2.32. The fraction of sp³-hybridized carbons (Fsp3) is 0.333. The summed E-state index contributed by atoms with van der Waals surface area (Å²) in [5.41, 5.74) is 1.40. The Labute approximate surface area is 186 Å². The van der Waals surface area contributed by atoms with Gasteiger partial charge in [-0.3, -0.25) is 24.1 Å². The number of benzene rings is 1. The van der Waals surface area contributed by atoms with Crippen LogP contribution in [0, 0.1) is 0 Å². The van der Waals surface area contributed by atoms with Crippen LogP contribution in [0.3, 0.4) is 0 Å². The molecular weight excluding hydrogens is 470 g/mol. The van der Waals surface area contributed by atoms with E-state index >= 15 is 0 Å². The smallest absolute Gasteiger partial charge is 0.261 e. The molecule has 9 heteroatoms. The Balaban J connectivity index is 1.26. The molecule has 2 aromatic rings. The lowest BCUT2D eigenvalue weighted by atomic mass is 10.0. The molecule has 4 rings (SSSR count). The zero-order valence-electron chi connectivity index (χ0n) is 16.1. The van der Waals surface area contributed by atoms with Crippen molar-refractivity contribution in [2.45, 2.75) is 25.3 Å². The van der Waals surface area contributed by atoms with Gasteiger partial charge in [0, 0.05) is 47.5 Å². The van der Waals surface area contributed by atoms with Crippen molar-refractivity contribution in [3.63, 3.8) is 0 Å². The molecule has 0 saturated carbocycles. The number of likely N-dealkylation sites (tertiary alicyclic amines) is 1. The number of thiophene rings is 1. The third-order valence-electron chi connectivity index (χ3n) is 5.45. The van der Waals surface area contributed by atoms with E-state index in [9.17, 15) is 19.2 Å². The number of nitrogens with zero attached hydrogens (tertiary/aromatic N) is 2. The number of imide groups is 1. The van der Waals surface area contributed by atoms with Gasteiger partial charge < -0.3 is 10.2 Å². The van der Waals surface area contributed by atoms with Crippen LogP contribution in [-0.4, -0.2) is 59.1 Å². The summed E-state index contributed by atoms with van der Waals surface area (Å²) >= 11 is 4.79. The average Bonchev–Trinajstić information content (AvgIpc) is 3.35. The quantitative estimate of drug-likeness (QED) is 0.654. The molecule has 156 valence electrons. The fourth-order valence-corrected chi connectivity index (χ4v) is 4.76. The number of piperidine rings is 1. The Kier molecular flexibility index (Phi) is 6.01. The van der Waals surface area contributed by atoms with Crippen LogP contribution in [0.4, 0.5) is 0 Å². The lowest BCUT2D eigenvalue weighted by Crippen LogP contribution is -2.47. The monoisotopic (exact) mass is 489 g/mol. The Hall–Kier alpha value is -2.52. The van der Waals surface area contributed by atoms with Crippen LogP contribution in [0.2, 0.25) is 0 Å². The van der Waals surface area contributed by atoms with Crippen LogP contribution in [-0.2, 0) is 4.79 Å². The zero-order chi connectivity index (χ0) is 21.3. The van der Waals surface area contributed by atoms with E-state index in [4.69, 9.17) is 0 Å². The Morgan fingerprint density at radius 3 is 2.53 bits per heavy atom. The van der Waals surface area contributed by atoms with E-state index in [0.717, 1.165) is 9.37 Å². The van der Waals surface area contributed by atoms with E-state index in [1.165, 1.54) is 11.3 Å². The number of hydrogen-bond donors (Lipinski definition) is 1. The molecule has 30 heavy (non-hydrogen) atoms. The van der Waals surface area contributed by atoms with Crippen molar-refractivity contribution in [2.75, 3.05) is 19.6 Å². The summed E-state index contributed by atoms with van der Waals surface area (Å²) in [7, 11) is 0. The first-order chi connectivity index (χ1) is 14.4. The minimum atomic E-state index is -0.362. The van der Waals surface area contributed by atoms with Gasteiger partial charge in [0.25, 0.3) is 17.7 Å². The van der Waals surface area contributed by atoms with Crippen LogP contribution >= 0.6 is 27.3 Å². The van der Waals surface area contributed by atoms with Crippen LogP contribution < -0.4 is 5.32 Å². The second kappa shape index (κ2) is 8.69. The predicted molar refractivity (Wildman–Crippen MR) is 116 cm³/mol. The molecule has 1 N–H and O–H groups in total. The minimum absolute atomic E-state index is 0.0381. The largest absolute Gasteiger partial charge is 0.349 e. The summed E-state index contributed by atoms with van der Waals surface area (Å²) in [5.74, 6) is -0.891. The second-order valence-electron chi connectivity index (χ2n) is 7.34. The van der Waals surface area contributed by atoms with Gasteiger partial charge in [-0.05, 0) is 42.5 Å². The number of nitrogens with one attached hydrogen (secondary N) is 1. The molecule has 2 aliphatic rings. The zero-order valence-corrected chi connectivity index (χ0v) is 18.5. The molecule has 3 heterocycles. The molecule has 0 aliphatic carbocycles. The molecule has 2 aliphatic heterocycles. The Bertz CT molecular complexity index is 1000. The summed E-state index contributed by atoms with van der Waals surface area (Å²) in [5, 5.41) is 6.69. The summed E-state index contributed by atoms with van der Waals surface area (Å²) in [6, 6.07) is 6.80. The van der Waals surface area contributed by atoms with Gasteiger partial charge in [-0.2, -0.15) is 11.3 Å². The van der Waals surface area contributed by atoms with Crippen molar-refractivity contribution < 1.29 is 19.2 Å². The molecule has 0 bridgehead atoms. The van der Waals surface area contributed by atoms with Crippen LogP contribution in [0.1, 0.15) is 50.3 Å². The van der Waals surface area contributed by atoms with Crippen LogP contribution in [0.15, 0.2) is 39.5 Å². The van der Waals surface area contributed by atoms with Crippen molar-refractivity contribution in [3.8, 4) is 0 Å². The van der Waals surface area contributed by atoms with E-state index in [1.54, 1.807) is 29.2 Å². The minimum Gasteiger partial charge on any atom is -0.349 e. The van der Waals surface area contributed by atoms with Crippen molar-refractivity contribution >= 4 is 50.9 Å². The van der Waals surface area contributed by atoms with Gasteiger partial charge in [-0.25, -0.2) is 0 Å². The Morgan fingerprint density at radius 2 is 1.83 bits per heavy atom. The van der Waals surface area contributed by atoms with Gasteiger partial charge in [0.05, 0.1) is 11.1 Å². The van der Waals surface area contributed by atoms with E-state index in [0.29, 0.717) is 42.6 Å². The molecule has 0 atom stereocenters. The van der Waals surface area contributed by atoms with Gasteiger partial charge in [-0.15, -0.1) is 0 Å². The Morgan fingerprint density at radius 1 is 1.10 bits per heavy atom. The standard InChI is InChI=1S/C21H20BrN3O4S/c22-14-1-2-16-17(11-14)21(29)25(20(16)28)9-5-18(26)24-7-3-15(4-8-24)23-19(27)13-6-10-30-12-13/h1-2,6,10-12,15H,3-5,7-9H2,(H,23,27). The molecule has 7 nitrogen and oxygen atoms in total. The van der Waals surface area contributed by atoms with Gasteiger partial charge in [0.2, 0.25) is 5.91 Å². The summed E-state index contributed by atoms with van der Waals surface area (Å²) < 4.78 is 0.731. The highest BCUT2D eigenvalue weighted by molar-refractivity contribution is 9.10. The number of halogens is 1. The number of hydrogen-bond acceptors (Lipinski definition) is 5. The van der Waals surface area contributed by atoms with Crippen molar-refractivity contribution in [1.82, 2.24) is 15.1 Å². The average molecular weight is 490 g/mol. The van der Waals surface area contributed by atoms with Crippen molar-refractivity contribution in [3.05, 3.63) is 56.2 Å². The van der Waals surface area contributed by atoms with Crippen molar-refractivity contribution in [1.29, 1.82) is 0 Å². The first-order valence-electron chi connectivity index (χ1n) is 9.70. The maximum absolute atomic E-state index is 12.6. The van der Waals surface area contributed by atoms with Gasteiger partial charge in [-0.1, -0.05) is 15.9 Å². The van der Waals surface area contributed by atoms with Gasteiger partial charge >= 0.3 is 0 Å². The fourth-order valence-electron chi connectivity index (χ4n) is 3.77. The van der Waals surface area contributed by atoms with Crippen LogP contribution in [0.5, 0.6) is 0 Å². The van der Waals surface area contributed by atoms with E-state index < -0.39 is 0 Å². The van der Waals surface area contributed by atoms with Crippen LogP contribution in [0.25, 0.3) is 0 Å². The third-order valence-corrected chi connectivity index (χ3v) is 6.62. The van der Waals surface area contributed by atoms with Gasteiger partial charge in [0.15, 0.2) is 0 Å². The maximum atomic E-state index is 12.6. The first-order valence-corrected chi connectivity index (χ1v) is 11.4. The maximum Gasteiger partial charge on any atom is 0.261 e. The normalized spacial score (nSPS) is 16.7. The summed E-state index contributed by atoms with van der Waals surface area (Å²) in [4.78, 5) is 52.6. The van der Waals surface area contributed by atoms with E-state index in [-0.39, 0.29) is 42.6 Å². The number of carbonyl (C=O) groups excluding carboxylic acids is 4. The predicted octanol–water partition coefficient (Wildman–Crippen LogP) is 2.92. The molecule has 4 amide bonds. The van der Waals surface area contributed by atoms with Gasteiger partial charge in [0.1, 0.15) is 0 Å². The van der Waals surface area contributed by atoms with Crippen molar-refractivity contribution in [2.24, 2.45) is 0 Å². The molecule has 1 fully saturated rings. The molecule has 1 aromatic heterocycles. The highest BCUT2D eigenvalue weighted by atomic mass is 79.9. The molecule has 0 spiro atoms. The first kappa shape index (κ1) is 20.7. The number of amides is 4. The number of fused-ring (bicyclic) bond motifs is 1. The number of carbonyl (C=O) groups is 4. The molecular formula is C21H20BrN3O4S.